The van der Waals surface area contributed by atoms with Crippen molar-refractivity contribution in [3.05, 3.63) is 66.4 Å². The molecule has 2 N–H and O–H groups in total. The van der Waals surface area contributed by atoms with E-state index in [1.165, 1.54) is 22.5 Å². The number of nitrogens with zero attached hydrogens (tertiary/aromatic N) is 5. The van der Waals surface area contributed by atoms with E-state index in [0.717, 1.165) is 11.3 Å². The maximum atomic E-state index is 13.9. The lowest BCUT2D eigenvalue weighted by Gasteiger charge is -2.03. The fourth-order valence-electron chi connectivity index (χ4n) is 2.40. The number of benzene rings is 1. The molecule has 0 amide bonds. The Morgan fingerprint density at radius 3 is 2.75 bits per heavy atom. The van der Waals surface area contributed by atoms with Crippen molar-refractivity contribution in [2.24, 2.45) is 0 Å². The van der Waals surface area contributed by atoms with E-state index in [0.29, 0.717) is 22.3 Å². The molecule has 4 rings (SSSR count). The zero-order chi connectivity index (χ0) is 16.5. The number of aromatic nitrogens is 5. The minimum atomic E-state index is -0.381. The van der Waals surface area contributed by atoms with E-state index in [-0.39, 0.29) is 5.82 Å². The van der Waals surface area contributed by atoms with Crippen molar-refractivity contribution in [3.63, 3.8) is 0 Å². The van der Waals surface area contributed by atoms with Gasteiger partial charge in [-0.2, -0.15) is 0 Å². The minimum Gasteiger partial charge on any atom is -0.335 e. The Morgan fingerprint density at radius 2 is 1.92 bits per heavy atom. The normalized spacial score (nSPS) is 11.2. The highest BCUT2D eigenvalue weighted by Crippen LogP contribution is 2.25. The van der Waals surface area contributed by atoms with Gasteiger partial charge >= 0.3 is 0 Å². The van der Waals surface area contributed by atoms with Crippen LogP contribution in [0.1, 0.15) is 5.69 Å². The summed E-state index contributed by atoms with van der Waals surface area (Å²) in [6.07, 6.45) is 3.90. The molecule has 3 heterocycles. The predicted octanol–water partition coefficient (Wildman–Crippen LogP) is 2.74. The maximum Gasteiger partial charge on any atom is 0.210 e. The van der Waals surface area contributed by atoms with Gasteiger partial charge < -0.3 is 10.2 Å². The molecule has 0 radical (unpaired) electrons. The predicted molar refractivity (Wildman–Crippen MR) is 90.3 cm³/mol. The zero-order valence-electron chi connectivity index (χ0n) is 12.5. The van der Waals surface area contributed by atoms with Crippen LogP contribution in [0, 0.1) is 5.82 Å². The average Bonchev–Trinajstić information content (AvgIpc) is 3.17. The number of hydrogen-bond donors (Lipinski definition) is 1. The molecule has 0 fully saturated rings. The molecule has 4 aromatic rings. The minimum absolute atomic E-state index is 0.297. The summed E-state index contributed by atoms with van der Waals surface area (Å²) < 4.78 is 17.1. The molecule has 120 valence electrons. The molecule has 0 saturated carbocycles. The van der Waals surface area contributed by atoms with E-state index in [9.17, 15) is 4.39 Å². The van der Waals surface area contributed by atoms with Gasteiger partial charge in [0, 0.05) is 18.1 Å². The van der Waals surface area contributed by atoms with Crippen molar-refractivity contribution in [1.29, 1.82) is 0 Å². The zero-order valence-corrected chi connectivity index (χ0v) is 13.3. The van der Waals surface area contributed by atoms with E-state index in [1.807, 2.05) is 35.0 Å². The summed E-state index contributed by atoms with van der Waals surface area (Å²) in [5.41, 5.74) is 2.11. The third kappa shape index (κ3) is 2.61. The average molecular weight is 340 g/mol. The van der Waals surface area contributed by atoms with Crippen LogP contribution in [-0.4, -0.2) is 24.3 Å². The molecule has 0 unspecified atom stereocenters. The number of imidazole rings is 1. The first-order valence-corrected chi connectivity index (χ1v) is 8.22. The first-order chi connectivity index (χ1) is 11.7. The van der Waals surface area contributed by atoms with Crippen LogP contribution in [0.15, 0.2) is 60.0 Å². The van der Waals surface area contributed by atoms with Crippen molar-refractivity contribution in [1.82, 2.24) is 24.3 Å². The first-order valence-electron chi connectivity index (χ1n) is 7.23. The Hall–Kier alpha value is -2.87. The molecule has 0 saturated heterocycles. The number of rotatable bonds is 4. The van der Waals surface area contributed by atoms with Crippen LogP contribution in [0.25, 0.3) is 17.0 Å². The topological polar surface area (TPSA) is 74.0 Å². The molecule has 0 aliphatic heterocycles. The van der Waals surface area contributed by atoms with Gasteiger partial charge in [-0.1, -0.05) is 30.0 Å². The molecule has 6 nitrogen and oxygen atoms in total. The highest BCUT2D eigenvalue weighted by atomic mass is 32.2. The lowest BCUT2D eigenvalue weighted by molar-refractivity contribution is 0.629. The Labute approximate surface area is 141 Å². The van der Waals surface area contributed by atoms with Crippen LogP contribution in [0.3, 0.4) is 0 Å². The number of pyridine rings is 1. The molecular weight excluding hydrogens is 327 g/mol. The third-order valence-corrected chi connectivity index (χ3v) is 4.52. The van der Waals surface area contributed by atoms with Gasteiger partial charge in [0.15, 0.2) is 5.82 Å². The SMILES string of the molecule is Nn1c(SCc2cn3ccccc3n2)nnc1-c1ccccc1F. The summed E-state index contributed by atoms with van der Waals surface area (Å²) in [5, 5.41) is 8.56. The van der Waals surface area contributed by atoms with E-state index in [2.05, 4.69) is 15.2 Å². The van der Waals surface area contributed by atoms with E-state index in [1.54, 1.807) is 18.2 Å². The fraction of sp³-hybridized carbons (Fsp3) is 0.0625. The van der Waals surface area contributed by atoms with Crippen LogP contribution >= 0.6 is 11.8 Å². The Bertz CT molecular complexity index is 976. The lowest BCUT2D eigenvalue weighted by atomic mass is 10.2. The monoisotopic (exact) mass is 340 g/mol. The quantitative estimate of drug-likeness (QED) is 0.457. The summed E-state index contributed by atoms with van der Waals surface area (Å²) in [6, 6.07) is 12.2. The number of halogens is 1. The van der Waals surface area contributed by atoms with E-state index < -0.39 is 0 Å². The molecule has 0 spiro atoms. The van der Waals surface area contributed by atoms with Crippen molar-refractivity contribution >= 4 is 17.4 Å². The fourth-order valence-corrected chi connectivity index (χ4v) is 3.14. The third-order valence-electron chi connectivity index (χ3n) is 3.54. The van der Waals surface area contributed by atoms with Gasteiger partial charge in [-0.3, -0.25) is 0 Å². The van der Waals surface area contributed by atoms with Gasteiger partial charge in [-0.15, -0.1) is 10.2 Å². The number of nitrogens with two attached hydrogens (primary N) is 1. The Balaban J connectivity index is 1.56. The van der Waals surface area contributed by atoms with Gasteiger partial charge in [0.05, 0.1) is 11.3 Å². The van der Waals surface area contributed by atoms with Crippen molar-refractivity contribution < 1.29 is 4.39 Å². The standard InChI is InChI=1S/C16H13FN6S/c17-13-6-2-1-5-12(13)15-20-21-16(23(15)18)24-10-11-9-22-8-4-3-7-14(22)19-11/h1-9H,10,18H2. The molecule has 1 aromatic carbocycles. The number of fused-ring (bicyclic) bond motifs is 1. The second kappa shape index (κ2) is 5.97. The van der Waals surface area contributed by atoms with Crippen LogP contribution in [-0.2, 0) is 5.75 Å². The van der Waals surface area contributed by atoms with Crippen molar-refractivity contribution in [2.75, 3.05) is 5.84 Å². The Morgan fingerprint density at radius 1 is 1.08 bits per heavy atom. The molecule has 0 aliphatic rings. The molecule has 0 aliphatic carbocycles. The van der Waals surface area contributed by atoms with Gasteiger partial charge in [0.1, 0.15) is 11.5 Å². The van der Waals surface area contributed by atoms with E-state index >= 15 is 0 Å². The Kier molecular flexibility index (Phi) is 3.66. The maximum absolute atomic E-state index is 13.9. The summed E-state index contributed by atoms with van der Waals surface area (Å²) in [4.78, 5) is 4.52. The smallest absolute Gasteiger partial charge is 0.210 e. The lowest BCUT2D eigenvalue weighted by Crippen LogP contribution is -2.12. The van der Waals surface area contributed by atoms with Crippen LogP contribution in [0.4, 0.5) is 4.39 Å². The van der Waals surface area contributed by atoms with Gasteiger partial charge in [-0.25, -0.2) is 14.1 Å². The van der Waals surface area contributed by atoms with Gasteiger partial charge in [0.2, 0.25) is 5.16 Å². The molecule has 8 heteroatoms. The van der Waals surface area contributed by atoms with E-state index in [4.69, 9.17) is 5.84 Å². The van der Waals surface area contributed by atoms with Gasteiger partial charge in [-0.05, 0) is 24.3 Å². The summed E-state index contributed by atoms with van der Waals surface area (Å²) >= 11 is 1.40. The summed E-state index contributed by atoms with van der Waals surface area (Å²) in [6.45, 7) is 0. The van der Waals surface area contributed by atoms with Crippen LogP contribution in [0.5, 0.6) is 0 Å². The highest BCUT2D eigenvalue weighted by molar-refractivity contribution is 7.98. The van der Waals surface area contributed by atoms with Crippen molar-refractivity contribution in [3.8, 4) is 11.4 Å². The summed E-state index contributed by atoms with van der Waals surface area (Å²) in [7, 11) is 0. The van der Waals surface area contributed by atoms with Crippen LogP contribution in [0.2, 0.25) is 0 Å². The molecule has 0 atom stereocenters. The van der Waals surface area contributed by atoms with Crippen molar-refractivity contribution in [2.45, 2.75) is 10.9 Å². The molecular formula is C16H13FN6S. The molecule has 0 bridgehead atoms. The van der Waals surface area contributed by atoms with Gasteiger partial charge in [0.25, 0.3) is 0 Å². The highest BCUT2D eigenvalue weighted by Gasteiger charge is 2.15. The number of hydrogen-bond acceptors (Lipinski definition) is 5. The second-order valence-electron chi connectivity index (χ2n) is 5.14. The first kappa shape index (κ1) is 14.7. The number of thioether (sulfide) groups is 1. The second-order valence-corrected chi connectivity index (χ2v) is 6.09. The summed E-state index contributed by atoms with van der Waals surface area (Å²) in [5.74, 6) is 6.53. The van der Waals surface area contributed by atoms with Crippen LogP contribution < -0.4 is 5.84 Å². The number of nitrogen functional groups attached to an aromatic ring is 1. The molecule has 24 heavy (non-hydrogen) atoms. The largest absolute Gasteiger partial charge is 0.335 e. The molecule has 3 aromatic heterocycles.